The summed E-state index contributed by atoms with van der Waals surface area (Å²) in [5.41, 5.74) is 1.14. The van der Waals surface area contributed by atoms with E-state index in [4.69, 9.17) is 0 Å². The smallest absolute Gasteiger partial charge is 0.270 e. The summed E-state index contributed by atoms with van der Waals surface area (Å²) in [5.74, 6) is 1.13. The average molecular weight is 374 g/mol. The maximum absolute atomic E-state index is 12.3. The Kier molecular flexibility index (Phi) is 6.31. The first-order valence-electron chi connectivity index (χ1n) is 9.95. The zero-order chi connectivity index (χ0) is 19.4. The predicted octanol–water partition coefficient (Wildman–Crippen LogP) is 2.90. The Bertz CT molecular complexity index is 686. The molecule has 0 aromatic heterocycles. The summed E-state index contributed by atoms with van der Waals surface area (Å²) in [4.78, 5) is 27.8. The number of carbonyl (C=O) groups is 1. The Morgan fingerprint density at radius 2 is 2.00 bits per heavy atom. The molecule has 2 aliphatic heterocycles. The van der Waals surface area contributed by atoms with E-state index in [0.717, 1.165) is 37.7 Å². The summed E-state index contributed by atoms with van der Waals surface area (Å²) in [5, 5.41) is 13.7. The van der Waals surface area contributed by atoms with E-state index in [-0.39, 0.29) is 11.6 Å². The van der Waals surface area contributed by atoms with Gasteiger partial charge in [0.1, 0.15) is 0 Å². The van der Waals surface area contributed by atoms with Crippen molar-refractivity contribution in [3.8, 4) is 0 Å². The fourth-order valence-electron chi connectivity index (χ4n) is 4.27. The molecule has 1 aromatic carbocycles. The Labute approximate surface area is 160 Å². The predicted molar refractivity (Wildman–Crippen MR) is 106 cm³/mol. The molecule has 0 saturated carbocycles. The maximum atomic E-state index is 12.3. The highest BCUT2D eigenvalue weighted by Crippen LogP contribution is 2.30. The number of anilines is 1. The summed E-state index contributed by atoms with van der Waals surface area (Å²) in [7, 11) is 1.56. The van der Waals surface area contributed by atoms with Gasteiger partial charge in [-0.3, -0.25) is 14.9 Å². The van der Waals surface area contributed by atoms with Crippen LogP contribution in [0.1, 0.15) is 43.0 Å². The first kappa shape index (κ1) is 19.6. The van der Waals surface area contributed by atoms with Crippen molar-refractivity contribution < 1.29 is 9.72 Å². The fourth-order valence-corrected chi connectivity index (χ4v) is 4.27. The second kappa shape index (κ2) is 8.69. The van der Waals surface area contributed by atoms with Crippen LogP contribution < -0.4 is 10.2 Å². The van der Waals surface area contributed by atoms with Crippen LogP contribution in [0.3, 0.4) is 0 Å². The van der Waals surface area contributed by atoms with Gasteiger partial charge in [0, 0.05) is 38.8 Å². The third-order valence-electron chi connectivity index (χ3n) is 5.91. The Balaban J connectivity index is 1.73. The lowest BCUT2D eigenvalue weighted by molar-refractivity contribution is -0.384. The quantitative estimate of drug-likeness (QED) is 0.633. The average Bonchev–Trinajstić information content (AvgIpc) is 2.69. The van der Waals surface area contributed by atoms with E-state index in [9.17, 15) is 14.9 Å². The van der Waals surface area contributed by atoms with E-state index < -0.39 is 4.92 Å². The summed E-state index contributed by atoms with van der Waals surface area (Å²) in [6.45, 7) is 7.57. The minimum absolute atomic E-state index is 0.0478. The van der Waals surface area contributed by atoms with Gasteiger partial charge in [0.25, 0.3) is 11.6 Å². The standard InChI is InChI=1S/C20H30N4O3/c1-15-7-10-22(11-8-15)13-16-4-3-9-23(14-16)19-6-5-17(24(26)27)12-18(19)20(25)21-2/h5-6,12,15-16H,3-4,7-11,13-14H2,1-2H3,(H,21,25). The zero-order valence-electron chi connectivity index (χ0n) is 16.3. The van der Waals surface area contributed by atoms with Gasteiger partial charge in [-0.05, 0) is 56.7 Å². The molecule has 0 radical (unpaired) electrons. The minimum Gasteiger partial charge on any atom is -0.371 e. The Morgan fingerprint density at radius 3 is 2.67 bits per heavy atom. The second-order valence-corrected chi connectivity index (χ2v) is 7.98. The van der Waals surface area contributed by atoms with Crippen LogP contribution in [0.4, 0.5) is 11.4 Å². The monoisotopic (exact) mass is 374 g/mol. The van der Waals surface area contributed by atoms with Crippen molar-refractivity contribution in [3.63, 3.8) is 0 Å². The third-order valence-corrected chi connectivity index (χ3v) is 5.91. The van der Waals surface area contributed by atoms with Gasteiger partial charge in [-0.2, -0.15) is 0 Å². The van der Waals surface area contributed by atoms with Crippen LogP contribution in [-0.4, -0.2) is 55.5 Å². The summed E-state index contributed by atoms with van der Waals surface area (Å²) < 4.78 is 0. The van der Waals surface area contributed by atoms with Crippen LogP contribution in [0.5, 0.6) is 0 Å². The maximum Gasteiger partial charge on any atom is 0.270 e. The molecule has 148 valence electrons. The van der Waals surface area contributed by atoms with Crippen LogP contribution in [-0.2, 0) is 0 Å². The molecule has 7 nitrogen and oxygen atoms in total. The molecular formula is C20H30N4O3. The molecule has 1 aromatic rings. The van der Waals surface area contributed by atoms with E-state index in [1.165, 1.54) is 44.5 Å². The topological polar surface area (TPSA) is 78.7 Å². The first-order chi connectivity index (χ1) is 13.0. The van der Waals surface area contributed by atoms with E-state index in [2.05, 4.69) is 22.0 Å². The van der Waals surface area contributed by atoms with Crippen molar-refractivity contribution in [1.82, 2.24) is 10.2 Å². The second-order valence-electron chi connectivity index (χ2n) is 7.98. The molecular weight excluding hydrogens is 344 g/mol. The van der Waals surface area contributed by atoms with Gasteiger partial charge < -0.3 is 15.1 Å². The minimum atomic E-state index is -0.452. The van der Waals surface area contributed by atoms with Crippen LogP contribution in [0.2, 0.25) is 0 Å². The number of nitro benzene ring substituents is 1. The Hall–Kier alpha value is -2.15. The molecule has 2 aliphatic rings. The highest BCUT2D eigenvalue weighted by molar-refractivity contribution is 6.00. The normalized spacial score (nSPS) is 21.9. The van der Waals surface area contributed by atoms with Gasteiger partial charge in [0.2, 0.25) is 0 Å². The number of hydrogen-bond donors (Lipinski definition) is 1. The lowest BCUT2D eigenvalue weighted by Gasteiger charge is -2.39. The number of amides is 1. The van der Waals surface area contributed by atoms with Crippen molar-refractivity contribution in [2.75, 3.05) is 44.7 Å². The van der Waals surface area contributed by atoms with E-state index in [0.29, 0.717) is 11.5 Å². The van der Waals surface area contributed by atoms with Crippen molar-refractivity contribution >= 4 is 17.3 Å². The molecule has 2 heterocycles. The highest BCUT2D eigenvalue weighted by atomic mass is 16.6. The van der Waals surface area contributed by atoms with E-state index >= 15 is 0 Å². The largest absolute Gasteiger partial charge is 0.371 e. The molecule has 7 heteroatoms. The number of non-ortho nitro benzene ring substituents is 1. The fraction of sp³-hybridized carbons (Fsp3) is 0.650. The molecule has 1 N–H and O–H groups in total. The van der Waals surface area contributed by atoms with Gasteiger partial charge >= 0.3 is 0 Å². The molecule has 2 saturated heterocycles. The van der Waals surface area contributed by atoms with Gasteiger partial charge in [0.05, 0.1) is 16.2 Å². The first-order valence-corrected chi connectivity index (χ1v) is 9.95. The van der Waals surface area contributed by atoms with Gasteiger partial charge in [0.15, 0.2) is 0 Å². The molecule has 3 rings (SSSR count). The number of hydrogen-bond acceptors (Lipinski definition) is 5. The van der Waals surface area contributed by atoms with E-state index in [1.807, 2.05) is 0 Å². The molecule has 1 amide bonds. The number of nitrogens with one attached hydrogen (secondary N) is 1. The van der Waals surface area contributed by atoms with E-state index in [1.54, 1.807) is 13.1 Å². The van der Waals surface area contributed by atoms with Crippen LogP contribution in [0.25, 0.3) is 0 Å². The number of likely N-dealkylation sites (tertiary alicyclic amines) is 1. The SMILES string of the molecule is CNC(=O)c1cc([N+](=O)[O-])ccc1N1CCCC(CN2CCC(C)CC2)C1. The number of benzene rings is 1. The lowest BCUT2D eigenvalue weighted by atomic mass is 9.93. The molecule has 27 heavy (non-hydrogen) atoms. The zero-order valence-corrected chi connectivity index (χ0v) is 16.3. The molecule has 2 fully saturated rings. The number of nitro groups is 1. The van der Waals surface area contributed by atoms with Crippen molar-refractivity contribution in [2.24, 2.45) is 11.8 Å². The number of carbonyl (C=O) groups excluding carboxylic acids is 1. The van der Waals surface area contributed by atoms with Crippen LogP contribution in [0, 0.1) is 22.0 Å². The molecule has 0 spiro atoms. The molecule has 0 bridgehead atoms. The lowest BCUT2D eigenvalue weighted by Crippen LogP contribution is -2.43. The number of piperidine rings is 2. The molecule has 0 aliphatic carbocycles. The third kappa shape index (κ3) is 4.77. The van der Waals surface area contributed by atoms with Crippen LogP contribution >= 0.6 is 0 Å². The highest BCUT2D eigenvalue weighted by Gasteiger charge is 2.27. The summed E-state index contributed by atoms with van der Waals surface area (Å²) >= 11 is 0. The number of nitrogens with zero attached hydrogens (tertiary/aromatic N) is 3. The summed E-state index contributed by atoms with van der Waals surface area (Å²) in [6.07, 6.45) is 4.84. The number of rotatable bonds is 5. The van der Waals surface area contributed by atoms with Crippen molar-refractivity contribution in [2.45, 2.75) is 32.6 Å². The van der Waals surface area contributed by atoms with Crippen LogP contribution in [0.15, 0.2) is 18.2 Å². The van der Waals surface area contributed by atoms with Gasteiger partial charge in [-0.25, -0.2) is 0 Å². The molecule has 1 atom stereocenters. The summed E-state index contributed by atoms with van der Waals surface area (Å²) in [6, 6.07) is 4.62. The van der Waals surface area contributed by atoms with Crippen molar-refractivity contribution in [3.05, 3.63) is 33.9 Å². The van der Waals surface area contributed by atoms with Gasteiger partial charge in [-0.15, -0.1) is 0 Å². The van der Waals surface area contributed by atoms with Gasteiger partial charge in [-0.1, -0.05) is 6.92 Å². The Morgan fingerprint density at radius 1 is 1.26 bits per heavy atom. The van der Waals surface area contributed by atoms with Crippen molar-refractivity contribution in [1.29, 1.82) is 0 Å². The molecule has 1 unspecified atom stereocenters.